The number of hydrogen-bond acceptors (Lipinski definition) is 4. The third kappa shape index (κ3) is 4.39. The van der Waals surface area contributed by atoms with E-state index in [1.807, 2.05) is 72.2 Å². The summed E-state index contributed by atoms with van der Waals surface area (Å²) in [6.07, 6.45) is 0. The predicted molar refractivity (Wildman–Crippen MR) is 125 cm³/mol. The maximum absolute atomic E-state index is 12.5. The van der Waals surface area contributed by atoms with Crippen molar-refractivity contribution in [2.24, 2.45) is 0 Å². The van der Waals surface area contributed by atoms with E-state index in [1.165, 1.54) is 0 Å². The summed E-state index contributed by atoms with van der Waals surface area (Å²) in [7, 11) is 0. The summed E-state index contributed by atoms with van der Waals surface area (Å²) >= 11 is 0. The molecule has 0 radical (unpaired) electrons. The number of fused-ring (bicyclic) bond motifs is 1. The first-order valence-electron chi connectivity index (χ1n) is 10.5. The molecule has 1 N–H and O–H groups in total. The van der Waals surface area contributed by atoms with Gasteiger partial charge in [0, 0.05) is 11.4 Å². The average molecular weight is 428 g/mol. The van der Waals surface area contributed by atoms with Gasteiger partial charge < -0.3 is 10.1 Å². The molecule has 1 heterocycles. The summed E-state index contributed by atoms with van der Waals surface area (Å²) in [4.78, 5) is 29.5. The molecule has 3 aromatic carbocycles. The molecule has 0 unspecified atom stereocenters. The van der Waals surface area contributed by atoms with Gasteiger partial charge in [-0.05, 0) is 54.8 Å². The fourth-order valence-electron chi connectivity index (χ4n) is 3.75. The average Bonchev–Trinajstić information content (AvgIpc) is 3.13. The molecule has 0 saturated carbocycles. The van der Waals surface area contributed by atoms with E-state index in [2.05, 4.69) is 24.1 Å². The molecule has 1 aromatic heterocycles. The number of anilines is 1. The number of para-hydroxylation sites is 2. The smallest absolute Gasteiger partial charge is 0.338 e. The predicted octanol–water partition coefficient (Wildman–Crippen LogP) is 5.25. The van der Waals surface area contributed by atoms with Crippen molar-refractivity contribution in [3.63, 3.8) is 0 Å². The van der Waals surface area contributed by atoms with E-state index in [4.69, 9.17) is 4.74 Å². The van der Waals surface area contributed by atoms with E-state index >= 15 is 0 Å². The highest BCUT2D eigenvalue weighted by molar-refractivity contribution is 5.97. The molecule has 6 nitrogen and oxygen atoms in total. The van der Waals surface area contributed by atoms with E-state index in [0.717, 1.165) is 28.3 Å². The summed E-state index contributed by atoms with van der Waals surface area (Å²) in [5.41, 5.74) is 4.70. The van der Waals surface area contributed by atoms with Crippen molar-refractivity contribution in [1.82, 2.24) is 9.55 Å². The van der Waals surface area contributed by atoms with E-state index in [9.17, 15) is 9.59 Å². The van der Waals surface area contributed by atoms with Gasteiger partial charge >= 0.3 is 5.97 Å². The van der Waals surface area contributed by atoms with Gasteiger partial charge in [-0.3, -0.25) is 9.36 Å². The Morgan fingerprint density at radius 2 is 1.72 bits per heavy atom. The lowest BCUT2D eigenvalue weighted by atomic mass is 10.0. The highest BCUT2D eigenvalue weighted by atomic mass is 16.5. The summed E-state index contributed by atoms with van der Waals surface area (Å²) in [6.45, 7) is 5.68. The Morgan fingerprint density at radius 3 is 2.47 bits per heavy atom. The standard InChI is InChI=1S/C26H25N3O3/c1-17(2)21-11-7-8-12-22(21)28-25(30)16-32-26(31)19-13-14-24-23(15-19)27-18(3)29(24)20-9-5-4-6-10-20/h4-15,17H,16H2,1-3H3,(H,28,30). The van der Waals surface area contributed by atoms with Crippen LogP contribution in [0.5, 0.6) is 0 Å². The lowest BCUT2D eigenvalue weighted by molar-refractivity contribution is -0.119. The first-order chi connectivity index (χ1) is 15.4. The van der Waals surface area contributed by atoms with Crippen LogP contribution in [0, 0.1) is 6.92 Å². The number of imidazole rings is 1. The van der Waals surface area contributed by atoms with Crippen LogP contribution in [0.15, 0.2) is 72.8 Å². The Hall–Kier alpha value is -3.93. The summed E-state index contributed by atoms with van der Waals surface area (Å²) < 4.78 is 7.28. The van der Waals surface area contributed by atoms with Crippen molar-refractivity contribution in [2.45, 2.75) is 26.7 Å². The molecule has 0 atom stereocenters. The zero-order valence-electron chi connectivity index (χ0n) is 18.3. The topological polar surface area (TPSA) is 73.2 Å². The number of hydrogen-bond donors (Lipinski definition) is 1. The van der Waals surface area contributed by atoms with E-state index in [1.54, 1.807) is 12.1 Å². The van der Waals surface area contributed by atoms with Crippen LogP contribution in [-0.2, 0) is 9.53 Å². The Labute approximate surface area is 186 Å². The number of benzene rings is 3. The first kappa shape index (κ1) is 21.3. The molecule has 6 heteroatoms. The van der Waals surface area contributed by atoms with Crippen molar-refractivity contribution >= 4 is 28.6 Å². The third-order valence-corrected chi connectivity index (χ3v) is 5.26. The molecule has 0 aliphatic heterocycles. The zero-order valence-corrected chi connectivity index (χ0v) is 18.3. The van der Waals surface area contributed by atoms with Crippen LogP contribution in [0.4, 0.5) is 5.69 Å². The first-order valence-corrected chi connectivity index (χ1v) is 10.5. The molecular weight excluding hydrogens is 402 g/mol. The molecule has 0 aliphatic rings. The normalized spacial score (nSPS) is 11.0. The van der Waals surface area contributed by atoms with Crippen LogP contribution in [-0.4, -0.2) is 28.0 Å². The Kier molecular flexibility index (Phi) is 6.03. The number of esters is 1. The van der Waals surface area contributed by atoms with Crippen molar-refractivity contribution in [1.29, 1.82) is 0 Å². The molecular formula is C26H25N3O3. The molecule has 0 saturated heterocycles. The van der Waals surface area contributed by atoms with Gasteiger partial charge in [-0.25, -0.2) is 9.78 Å². The fourth-order valence-corrected chi connectivity index (χ4v) is 3.75. The van der Waals surface area contributed by atoms with Gasteiger partial charge in [-0.15, -0.1) is 0 Å². The van der Waals surface area contributed by atoms with Gasteiger partial charge in [-0.2, -0.15) is 0 Å². The zero-order chi connectivity index (χ0) is 22.7. The molecule has 0 bridgehead atoms. The minimum Gasteiger partial charge on any atom is -0.452 e. The molecule has 162 valence electrons. The number of nitrogens with one attached hydrogen (secondary N) is 1. The lowest BCUT2D eigenvalue weighted by Crippen LogP contribution is -2.21. The molecule has 0 aliphatic carbocycles. The quantitative estimate of drug-likeness (QED) is 0.427. The van der Waals surface area contributed by atoms with Crippen molar-refractivity contribution < 1.29 is 14.3 Å². The van der Waals surface area contributed by atoms with Gasteiger partial charge in [0.2, 0.25) is 0 Å². The number of amides is 1. The van der Waals surface area contributed by atoms with Gasteiger partial charge in [0.15, 0.2) is 6.61 Å². The largest absolute Gasteiger partial charge is 0.452 e. The number of carbonyl (C=O) groups excluding carboxylic acids is 2. The van der Waals surface area contributed by atoms with E-state index in [-0.39, 0.29) is 18.4 Å². The third-order valence-electron chi connectivity index (χ3n) is 5.26. The highest BCUT2D eigenvalue weighted by Gasteiger charge is 2.15. The van der Waals surface area contributed by atoms with E-state index < -0.39 is 5.97 Å². The minimum absolute atomic E-state index is 0.264. The second-order valence-corrected chi connectivity index (χ2v) is 7.90. The maximum atomic E-state index is 12.5. The molecule has 32 heavy (non-hydrogen) atoms. The van der Waals surface area contributed by atoms with Crippen LogP contribution < -0.4 is 5.32 Å². The highest BCUT2D eigenvalue weighted by Crippen LogP contribution is 2.24. The van der Waals surface area contributed by atoms with Crippen LogP contribution in [0.25, 0.3) is 16.7 Å². The van der Waals surface area contributed by atoms with Crippen molar-refractivity contribution in [3.8, 4) is 5.69 Å². The number of carbonyl (C=O) groups is 2. The Bertz CT molecular complexity index is 1280. The summed E-state index contributed by atoms with van der Waals surface area (Å²) in [5.74, 6) is 0.141. The SMILES string of the molecule is Cc1nc2cc(C(=O)OCC(=O)Nc3ccccc3C(C)C)ccc2n1-c1ccccc1. The second kappa shape index (κ2) is 9.06. The summed E-state index contributed by atoms with van der Waals surface area (Å²) in [5, 5.41) is 2.83. The minimum atomic E-state index is -0.564. The Morgan fingerprint density at radius 1 is 1.00 bits per heavy atom. The molecule has 1 amide bonds. The van der Waals surface area contributed by atoms with Crippen LogP contribution in [0.1, 0.15) is 41.5 Å². The van der Waals surface area contributed by atoms with E-state index in [0.29, 0.717) is 11.1 Å². The van der Waals surface area contributed by atoms with Crippen LogP contribution >= 0.6 is 0 Å². The van der Waals surface area contributed by atoms with Gasteiger partial charge in [0.1, 0.15) is 5.82 Å². The fraction of sp³-hybridized carbons (Fsp3) is 0.192. The monoisotopic (exact) mass is 427 g/mol. The number of aryl methyl sites for hydroxylation is 1. The Balaban J connectivity index is 1.46. The number of rotatable bonds is 6. The molecule has 4 rings (SSSR count). The summed E-state index contributed by atoms with van der Waals surface area (Å²) in [6, 6.07) is 22.7. The second-order valence-electron chi connectivity index (χ2n) is 7.90. The number of aromatic nitrogens is 2. The van der Waals surface area contributed by atoms with Gasteiger partial charge in [0.05, 0.1) is 16.6 Å². The van der Waals surface area contributed by atoms with Gasteiger partial charge in [-0.1, -0.05) is 50.2 Å². The van der Waals surface area contributed by atoms with Gasteiger partial charge in [0.25, 0.3) is 5.91 Å². The maximum Gasteiger partial charge on any atom is 0.338 e. The lowest BCUT2D eigenvalue weighted by Gasteiger charge is -2.13. The van der Waals surface area contributed by atoms with Crippen LogP contribution in [0.3, 0.4) is 0 Å². The van der Waals surface area contributed by atoms with Crippen molar-refractivity contribution in [2.75, 3.05) is 11.9 Å². The molecule has 0 spiro atoms. The van der Waals surface area contributed by atoms with Crippen LogP contribution in [0.2, 0.25) is 0 Å². The molecule has 0 fully saturated rings. The number of ether oxygens (including phenoxy) is 1. The molecule has 4 aromatic rings. The van der Waals surface area contributed by atoms with Crippen molar-refractivity contribution in [3.05, 3.63) is 89.7 Å². The number of nitrogens with zero attached hydrogens (tertiary/aromatic N) is 2.